The Labute approximate surface area is 142 Å². The molecule has 3 heterocycles. The van der Waals surface area contributed by atoms with Gasteiger partial charge >= 0.3 is 5.84 Å². The number of nitrogens with two attached hydrogens (primary N) is 1. The molecule has 0 saturated carbocycles. The first kappa shape index (κ1) is 16.4. The Hall–Kier alpha value is -2.47. The van der Waals surface area contributed by atoms with Crippen LogP contribution in [-0.4, -0.2) is 27.3 Å². The van der Waals surface area contributed by atoms with Gasteiger partial charge in [-0.2, -0.15) is 9.67 Å². The first-order valence-corrected chi connectivity index (χ1v) is 8.08. The number of nitrogen functional groups attached to an aromatic ring is 1. The van der Waals surface area contributed by atoms with Crippen LogP contribution < -0.4 is 10.3 Å². The lowest BCUT2D eigenvalue weighted by atomic mass is 9.83. The zero-order valence-electron chi connectivity index (χ0n) is 14.6. The van der Waals surface area contributed by atoms with Crippen molar-refractivity contribution < 1.29 is 9.67 Å². The summed E-state index contributed by atoms with van der Waals surface area (Å²) in [4.78, 5) is 4.83. The number of aliphatic imine (C=N–C) groups is 1. The van der Waals surface area contributed by atoms with Gasteiger partial charge in [-0.3, -0.25) is 0 Å². The van der Waals surface area contributed by atoms with E-state index in [4.69, 9.17) is 15.8 Å². The van der Waals surface area contributed by atoms with E-state index < -0.39 is 0 Å². The minimum atomic E-state index is -0.0508. The van der Waals surface area contributed by atoms with E-state index in [1.54, 1.807) is 10.9 Å². The summed E-state index contributed by atoms with van der Waals surface area (Å²) in [6, 6.07) is 6.13. The lowest BCUT2D eigenvalue weighted by molar-refractivity contribution is -0.554. The summed E-state index contributed by atoms with van der Waals surface area (Å²) in [6.07, 6.45) is 3.67. The van der Waals surface area contributed by atoms with Gasteiger partial charge in [-0.05, 0) is 29.5 Å². The van der Waals surface area contributed by atoms with Crippen molar-refractivity contribution in [3.05, 3.63) is 41.9 Å². The number of anilines is 1. The van der Waals surface area contributed by atoms with Crippen LogP contribution in [0.25, 0.3) is 5.57 Å². The number of hydrogen-bond donors (Lipinski definition) is 2. The van der Waals surface area contributed by atoms with Crippen LogP contribution in [0.3, 0.4) is 0 Å². The van der Waals surface area contributed by atoms with E-state index in [0.29, 0.717) is 18.1 Å². The largest absolute Gasteiger partial charge is 0.394 e. The third kappa shape index (κ3) is 2.63. The van der Waals surface area contributed by atoms with Gasteiger partial charge in [-0.25, -0.2) is 4.68 Å². The molecule has 0 bridgehead atoms. The average Bonchev–Trinajstić information content (AvgIpc) is 3.00. The van der Waals surface area contributed by atoms with Crippen molar-refractivity contribution in [1.82, 2.24) is 9.78 Å². The van der Waals surface area contributed by atoms with Crippen molar-refractivity contribution in [3.63, 3.8) is 0 Å². The Morgan fingerprint density at radius 1 is 1.33 bits per heavy atom. The molecule has 1 aliphatic rings. The normalized spacial score (nSPS) is 16.1. The van der Waals surface area contributed by atoms with E-state index in [9.17, 15) is 0 Å². The highest BCUT2D eigenvalue weighted by molar-refractivity contribution is 6.04. The van der Waals surface area contributed by atoms with Crippen LogP contribution in [0.15, 0.2) is 41.2 Å². The fraction of sp³-hybridized carbons (Fsp3) is 0.389. The number of aromatic nitrogens is 3. The highest BCUT2D eigenvalue weighted by atomic mass is 16.3. The molecule has 0 radical (unpaired) electrons. The van der Waals surface area contributed by atoms with Gasteiger partial charge in [0.15, 0.2) is 5.82 Å². The Balaban J connectivity index is 2.18. The average molecular weight is 326 g/mol. The van der Waals surface area contributed by atoms with Crippen LogP contribution in [0, 0.1) is 5.41 Å². The number of nitrogens with zero attached hydrogens (tertiary/aromatic N) is 4. The summed E-state index contributed by atoms with van der Waals surface area (Å²) in [7, 11) is 0. The molecule has 24 heavy (non-hydrogen) atoms. The van der Waals surface area contributed by atoms with Crippen molar-refractivity contribution in [1.29, 1.82) is 0 Å². The topological polar surface area (TPSA) is 80.3 Å². The molecule has 2 aromatic heterocycles. The van der Waals surface area contributed by atoms with Gasteiger partial charge in [-0.1, -0.05) is 26.8 Å². The summed E-state index contributed by atoms with van der Waals surface area (Å²) in [5, 5.41) is 13.3. The van der Waals surface area contributed by atoms with E-state index in [0.717, 1.165) is 11.5 Å². The number of pyridine rings is 1. The number of allylic oxidation sites excluding steroid dienone is 2. The second-order valence-corrected chi connectivity index (χ2v) is 7.00. The maximum Gasteiger partial charge on any atom is 0.333 e. The molecule has 6 nitrogen and oxygen atoms in total. The van der Waals surface area contributed by atoms with E-state index in [2.05, 4.69) is 43.4 Å². The monoisotopic (exact) mass is 326 g/mol. The maximum atomic E-state index is 9.09. The molecule has 0 saturated heterocycles. The molecule has 0 atom stereocenters. The summed E-state index contributed by atoms with van der Waals surface area (Å²) >= 11 is 0. The molecule has 0 fully saturated rings. The van der Waals surface area contributed by atoms with Gasteiger partial charge in [0.05, 0.1) is 24.9 Å². The summed E-state index contributed by atoms with van der Waals surface area (Å²) < 4.78 is 3.66. The highest BCUT2D eigenvalue weighted by Crippen LogP contribution is 2.36. The molecule has 3 rings (SSSR count). The minimum Gasteiger partial charge on any atom is -0.394 e. The molecule has 126 valence electrons. The molecule has 0 unspecified atom stereocenters. The van der Waals surface area contributed by atoms with E-state index in [-0.39, 0.29) is 12.0 Å². The van der Waals surface area contributed by atoms with Crippen molar-refractivity contribution in [3.8, 4) is 0 Å². The maximum absolute atomic E-state index is 9.09. The molecule has 1 aliphatic heterocycles. The van der Waals surface area contributed by atoms with E-state index in [1.165, 1.54) is 11.1 Å². The Morgan fingerprint density at radius 3 is 2.75 bits per heavy atom. The zero-order chi connectivity index (χ0) is 17.5. The summed E-state index contributed by atoms with van der Waals surface area (Å²) in [5.41, 5.74) is 10.3. The lowest BCUT2D eigenvalue weighted by Crippen LogP contribution is -2.44. The minimum absolute atomic E-state index is 0.00821. The van der Waals surface area contributed by atoms with Crippen molar-refractivity contribution in [2.45, 2.75) is 34.2 Å². The number of aliphatic hydroxyl groups excluding tert-OH is 1. The van der Waals surface area contributed by atoms with Crippen molar-refractivity contribution in [2.24, 2.45) is 10.4 Å². The van der Waals surface area contributed by atoms with Crippen LogP contribution in [0.4, 0.5) is 11.5 Å². The Kier molecular flexibility index (Phi) is 4.01. The van der Waals surface area contributed by atoms with Gasteiger partial charge in [-0.15, -0.1) is 0 Å². The molecule has 0 aliphatic carbocycles. The Morgan fingerprint density at radius 2 is 2.08 bits per heavy atom. The molecule has 0 aromatic carbocycles. The molecule has 2 aromatic rings. The highest BCUT2D eigenvalue weighted by Gasteiger charge is 2.39. The molecule has 0 spiro atoms. The molecular formula is C18H24N5O+. The van der Waals surface area contributed by atoms with Crippen LogP contribution >= 0.6 is 0 Å². The molecule has 0 amide bonds. The number of hydrogen-bond acceptors (Lipinski definition) is 4. The van der Waals surface area contributed by atoms with Crippen molar-refractivity contribution in [2.75, 3.05) is 12.3 Å². The van der Waals surface area contributed by atoms with Crippen LogP contribution in [0.5, 0.6) is 0 Å². The standard InChI is InChI=1S/C18H23N5O/c1-12-14-7-5-6-8-22(14)17(15(12)18(2,3)4)21-13-11-20-23(9-10-24)16(13)19/h5-8,11,19,24H,9-10H2,1-4H3/p+1. The zero-order valence-corrected chi connectivity index (χ0v) is 14.6. The number of rotatable bonds is 3. The third-order valence-electron chi connectivity index (χ3n) is 4.22. The Bertz CT molecular complexity index is 839. The SMILES string of the molecule is CC1=C(C(C)(C)C)C(=Nc2cnn(CCO)c2N)[n+]2ccccc21. The lowest BCUT2D eigenvalue weighted by Gasteiger charge is -2.18. The predicted octanol–water partition coefficient (Wildman–Crippen LogP) is 2.16. The first-order valence-electron chi connectivity index (χ1n) is 8.08. The van der Waals surface area contributed by atoms with Crippen molar-refractivity contribution >= 4 is 22.9 Å². The second-order valence-electron chi connectivity index (χ2n) is 7.00. The van der Waals surface area contributed by atoms with Crippen LogP contribution in [-0.2, 0) is 6.54 Å². The molecule has 6 heteroatoms. The smallest absolute Gasteiger partial charge is 0.333 e. The predicted molar refractivity (Wildman–Crippen MR) is 94.9 cm³/mol. The molecule has 3 N–H and O–H groups in total. The van der Waals surface area contributed by atoms with E-state index in [1.807, 2.05) is 18.3 Å². The van der Waals surface area contributed by atoms with Gasteiger partial charge in [0.25, 0.3) is 0 Å². The van der Waals surface area contributed by atoms with Gasteiger partial charge < -0.3 is 10.8 Å². The third-order valence-corrected chi connectivity index (χ3v) is 4.22. The summed E-state index contributed by atoms with van der Waals surface area (Å²) in [5.74, 6) is 1.35. The van der Waals surface area contributed by atoms with Gasteiger partial charge in [0.2, 0.25) is 5.69 Å². The second kappa shape index (κ2) is 5.87. The van der Waals surface area contributed by atoms with Crippen LogP contribution in [0.2, 0.25) is 0 Å². The van der Waals surface area contributed by atoms with Gasteiger partial charge in [0.1, 0.15) is 11.9 Å². The fourth-order valence-corrected chi connectivity index (χ4v) is 3.22. The fourth-order valence-electron chi connectivity index (χ4n) is 3.22. The number of aliphatic hydroxyl groups is 1. The van der Waals surface area contributed by atoms with E-state index >= 15 is 0 Å². The first-order chi connectivity index (χ1) is 11.3. The number of fused-ring (bicyclic) bond motifs is 1. The van der Waals surface area contributed by atoms with Gasteiger partial charge in [0, 0.05) is 5.57 Å². The van der Waals surface area contributed by atoms with Crippen LogP contribution in [0.1, 0.15) is 33.4 Å². The summed E-state index contributed by atoms with van der Waals surface area (Å²) in [6.45, 7) is 9.05. The molecular weight excluding hydrogens is 302 g/mol. The quantitative estimate of drug-likeness (QED) is 0.848.